The Hall–Kier alpha value is -2.47. The lowest BCUT2D eigenvalue weighted by Crippen LogP contribution is -2.21. The molecular formula is C18H19ClN2O4. The number of ether oxygens (including phenoxy) is 2. The first-order chi connectivity index (χ1) is 12.0. The largest absolute Gasteiger partial charge is 0.497 e. The first kappa shape index (κ1) is 17.4. The van der Waals surface area contributed by atoms with Crippen LogP contribution in [0.3, 0.4) is 0 Å². The second-order valence-corrected chi connectivity index (χ2v) is 6.25. The first-order valence-electron chi connectivity index (χ1n) is 7.90. The van der Waals surface area contributed by atoms with Gasteiger partial charge in [-0.25, -0.2) is 9.78 Å². The van der Waals surface area contributed by atoms with Gasteiger partial charge in [0, 0.05) is 24.6 Å². The van der Waals surface area contributed by atoms with E-state index in [1.54, 1.807) is 26.4 Å². The predicted molar refractivity (Wildman–Crippen MR) is 95.3 cm³/mol. The number of methoxy groups -OCH3 is 2. The molecule has 1 saturated heterocycles. The highest BCUT2D eigenvalue weighted by atomic mass is 35.5. The average molecular weight is 363 g/mol. The Bertz CT molecular complexity index is 797. The molecule has 1 aromatic carbocycles. The first-order valence-corrected chi connectivity index (χ1v) is 8.28. The van der Waals surface area contributed by atoms with E-state index >= 15 is 0 Å². The van der Waals surface area contributed by atoms with E-state index in [0.717, 1.165) is 36.6 Å². The van der Waals surface area contributed by atoms with Crippen LogP contribution in [0.25, 0.3) is 0 Å². The summed E-state index contributed by atoms with van der Waals surface area (Å²) >= 11 is 5.90. The van der Waals surface area contributed by atoms with Crippen LogP contribution in [0.2, 0.25) is 5.02 Å². The second-order valence-electron chi connectivity index (χ2n) is 5.84. The van der Waals surface area contributed by atoms with Crippen molar-refractivity contribution in [3.63, 3.8) is 0 Å². The number of halogens is 1. The SMILES string of the molecule is COc1ccc(OC)c([C@H]2CCN(c3ccc(Cl)c(C(=O)O)n3)C2)c1. The van der Waals surface area contributed by atoms with Gasteiger partial charge in [-0.05, 0) is 36.8 Å². The Morgan fingerprint density at radius 2 is 2.08 bits per heavy atom. The second kappa shape index (κ2) is 7.19. The predicted octanol–water partition coefficient (Wildman–Crippen LogP) is 3.44. The molecule has 3 rings (SSSR count). The maximum absolute atomic E-state index is 11.2. The average Bonchev–Trinajstić information content (AvgIpc) is 3.11. The topological polar surface area (TPSA) is 71.9 Å². The van der Waals surface area contributed by atoms with Gasteiger partial charge in [-0.15, -0.1) is 0 Å². The minimum Gasteiger partial charge on any atom is -0.497 e. The third kappa shape index (κ3) is 3.49. The van der Waals surface area contributed by atoms with Crippen molar-refractivity contribution < 1.29 is 19.4 Å². The molecule has 1 N–H and O–H groups in total. The van der Waals surface area contributed by atoms with E-state index < -0.39 is 5.97 Å². The number of rotatable bonds is 5. The molecule has 132 valence electrons. The maximum Gasteiger partial charge on any atom is 0.356 e. The van der Waals surface area contributed by atoms with Gasteiger partial charge < -0.3 is 19.5 Å². The fourth-order valence-corrected chi connectivity index (χ4v) is 3.32. The summed E-state index contributed by atoms with van der Waals surface area (Å²) in [6, 6.07) is 9.09. The smallest absolute Gasteiger partial charge is 0.356 e. The molecule has 0 radical (unpaired) electrons. The molecule has 0 aliphatic carbocycles. The molecule has 7 heteroatoms. The number of carboxylic acids is 1. The van der Waals surface area contributed by atoms with Gasteiger partial charge in [-0.2, -0.15) is 0 Å². The van der Waals surface area contributed by atoms with Crippen LogP contribution >= 0.6 is 11.6 Å². The summed E-state index contributed by atoms with van der Waals surface area (Å²) in [7, 11) is 3.29. The van der Waals surface area contributed by atoms with Gasteiger partial charge in [0.15, 0.2) is 5.69 Å². The van der Waals surface area contributed by atoms with Gasteiger partial charge in [0.2, 0.25) is 0 Å². The normalized spacial score (nSPS) is 16.8. The molecule has 0 bridgehead atoms. The van der Waals surface area contributed by atoms with E-state index in [0.29, 0.717) is 5.82 Å². The van der Waals surface area contributed by atoms with E-state index in [9.17, 15) is 9.90 Å². The molecule has 2 heterocycles. The number of aromatic carboxylic acids is 1. The van der Waals surface area contributed by atoms with Gasteiger partial charge in [0.1, 0.15) is 17.3 Å². The summed E-state index contributed by atoms with van der Waals surface area (Å²) in [6.45, 7) is 1.50. The summed E-state index contributed by atoms with van der Waals surface area (Å²) < 4.78 is 10.8. The van der Waals surface area contributed by atoms with Crippen LogP contribution in [0, 0.1) is 0 Å². The van der Waals surface area contributed by atoms with Crippen molar-refractivity contribution in [2.75, 3.05) is 32.2 Å². The van der Waals surface area contributed by atoms with Crippen LogP contribution in [0.4, 0.5) is 5.82 Å². The number of anilines is 1. The lowest BCUT2D eigenvalue weighted by atomic mass is 9.97. The quantitative estimate of drug-likeness (QED) is 0.878. The summed E-state index contributed by atoms with van der Waals surface area (Å²) in [4.78, 5) is 17.5. The fourth-order valence-electron chi connectivity index (χ4n) is 3.14. The minimum absolute atomic E-state index is 0.124. The molecule has 0 unspecified atom stereocenters. The molecule has 1 aromatic heterocycles. The number of hydrogen-bond acceptors (Lipinski definition) is 5. The molecule has 1 fully saturated rings. The van der Waals surface area contributed by atoms with Crippen LogP contribution in [-0.4, -0.2) is 43.4 Å². The van der Waals surface area contributed by atoms with Crippen molar-refractivity contribution >= 4 is 23.4 Å². The van der Waals surface area contributed by atoms with Crippen LogP contribution in [0.15, 0.2) is 30.3 Å². The third-order valence-electron chi connectivity index (χ3n) is 4.42. The van der Waals surface area contributed by atoms with Gasteiger partial charge in [-0.3, -0.25) is 0 Å². The number of benzene rings is 1. The van der Waals surface area contributed by atoms with Crippen molar-refractivity contribution in [3.05, 3.63) is 46.6 Å². The summed E-state index contributed by atoms with van der Waals surface area (Å²) in [5.41, 5.74) is 0.957. The Morgan fingerprint density at radius 1 is 1.28 bits per heavy atom. The summed E-state index contributed by atoms with van der Waals surface area (Å²) in [6.07, 6.45) is 0.913. The highest BCUT2D eigenvalue weighted by molar-refractivity contribution is 6.33. The van der Waals surface area contributed by atoms with Crippen molar-refractivity contribution in [1.82, 2.24) is 4.98 Å². The molecule has 0 spiro atoms. The van der Waals surface area contributed by atoms with Crippen LogP contribution in [-0.2, 0) is 0 Å². The van der Waals surface area contributed by atoms with Gasteiger partial charge in [-0.1, -0.05) is 11.6 Å². The van der Waals surface area contributed by atoms with Crippen molar-refractivity contribution in [2.24, 2.45) is 0 Å². The molecule has 1 aliphatic heterocycles. The number of hydrogen-bond donors (Lipinski definition) is 1. The Labute approximate surface area is 151 Å². The monoisotopic (exact) mass is 362 g/mol. The van der Waals surface area contributed by atoms with Crippen LogP contribution in [0.1, 0.15) is 28.4 Å². The Balaban J connectivity index is 1.85. The van der Waals surface area contributed by atoms with Gasteiger partial charge in [0.25, 0.3) is 0 Å². The Kier molecular flexibility index (Phi) is 4.99. The summed E-state index contributed by atoms with van der Waals surface area (Å²) in [5, 5.41) is 9.33. The standard InChI is InChI=1S/C18H19ClN2O4/c1-24-12-3-5-15(25-2)13(9-12)11-7-8-21(10-11)16-6-4-14(19)17(20-16)18(22)23/h3-6,9,11H,7-8,10H2,1-2H3,(H,22,23)/t11-/m0/s1. The molecular weight excluding hydrogens is 344 g/mol. The highest BCUT2D eigenvalue weighted by Crippen LogP contribution is 2.37. The molecule has 1 aliphatic rings. The number of nitrogens with zero attached hydrogens (tertiary/aromatic N) is 2. The van der Waals surface area contributed by atoms with Crippen molar-refractivity contribution in [1.29, 1.82) is 0 Å². The fraction of sp³-hybridized carbons (Fsp3) is 0.333. The zero-order valence-corrected chi connectivity index (χ0v) is 14.8. The summed E-state index contributed by atoms with van der Waals surface area (Å²) in [5.74, 6) is 1.34. The zero-order chi connectivity index (χ0) is 18.0. The Morgan fingerprint density at radius 3 is 2.76 bits per heavy atom. The van der Waals surface area contributed by atoms with Crippen LogP contribution in [0.5, 0.6) is 11.5 Å². The number of carbonyl (C=O) groups is 1. The third-order valence-corrected chi connectivity index (χ3v) is 4.73. The molecule has 25 heavy (non-hydrogen) atoms. The lowest BCUT2D eigenvalue weighted by Gasteiger charge is -2.19. The van der Waals surface area contributed by atoms with Crippen LogP contribution < -0.4 is 14.4 Å². The molecule has 1 atom stereocenters. The molecule has 6 nitrogen and oxygen atoms in total. The van der Waals surface area contributed by atoms with Crippen molar-refractivity contribution in [2.45, 2.75) is 12.3 Å². The van der Waals surface area contributed by atoms with E-state index in [1.807, 2.05) is 18.2 Å². The number of aromatic nitrogens is 1. The minimum atomic E-state index is -1.13. The number of carboxylic acid groups (broad SMARTS) is 1. The van der Waals surface area contributed by atoms with E-state index in [2.05, 4.69) is 9.88 Å². The van der Waals surface area contributed by atoms with E-state index in [4.69, 9.17) is 21.1 Å². The van der Waals surface area contributed by atoms with E-state index in [-0.39, 0.29) is 16.6 Å². The lowest BCUT2D eigenvalue weighted by molar-refractivity contribution is 0.0691. The zero-order valence-electron chi connectivity index (χ0n) is 14.0. The molecule has 2 aromatic rings. The molecule has 0 amide bonds. The number of pyridine rings is 1. The maximum atomic E-state index is 11.2. The van der Waals surface area contributed by atoms with Crippen molar-refractivity contribution in [3.8, 4) is 11.5 Å². The molecule has 0 saturated carbocycles. The van der Waals surface area contributed by atoms with Gasteiger partial charge >= 0.3 is 5.97 Å². The highest BCUT2D eigenvalue weighted by Gasteiger charge is 2.28. The van der Waals surface area contributed by atoms with Gasteiger partial charge in [0.05, 0.1) is 19.2 Å². The van der Waals surface area contributed by atoms with E-state index in [1.165, 1.54) is 0 Å².